The first-order chi connectivity index (χ1) is 12.3. The molecule has 0 fully saturated rings. The van der Waals surface area contributed by atoms with E-state index in [0.717, 1.165) is 0 Å². The van der Waals surface area contributed by atoms with E-state index >= 15 is 0 Å². The van der Waals surface area contributed by atoms with Crippen LogP contribution in [0.15, 0.2) is 0 Å². The first-order valence-corrected chi connectivity index (χ1v) is 9.16. The van der Waals surface area contributed by atoms with Gasteiger partial charge in [0.05, 0.1) is 12.1 Å². The number of nitrogens with two attached hydrogens (primary N) is 1. The van der Waals surface area contributed by atoms with Crippen LogP contribution in [0.5, 0.6) is 0 Å². The molecule has 5 atom stereocenters. The van der Waals surface area contributed by atoms with Gasteiger partial charge in [0.2, 0.25) is 0 Å². The van der Waals surface area contributed by atoms with E-state index in [1.807, 2.05) is 0 Å². The second kappa shape index (κ2) is 13.1. The van der Waals surface area contributed by atoms with E-state index in [2.05, 4.69) is 10.6 Å². The van der Waals surface area contributed by atoms with E-state index in [1.165, 1.54) is 0 Å². The lowest BCUT2D eigenvalue weighted by Crippen LogP contribution is -2.54. The van der Waals surface area contributed by atoms with E-state index in [-0.39, 0.29) is 18.6 Å². The fourth-order valence-electron chi connectivity index (χ4n) is 1.83. The summed E-state index contributed by atoms with van der Waals surface area (Å²) in [6.45, 7) is -0.438. The molecule has 0 aliphatic carbocycles. The average molecular weight is 427 g/mol. The molecular weight excluding hydrogens is 399 g/mol. The standard InChI is InChI=1S/C13H28F3N3O7S/c14-13(15,16)8(20)5-27-4-7(11(24)18-3-10(22)23)19-9(21)2-1-6(17)12(25)26/h6-12,18-26H,1-5,17H2. The van der Waals surface area contributed by atoms with Crippen LogP contribution < -0.4 is 16.4 Å². The topological polar surface area (TPSA) is 192 Å². The maximum Gasteiger partial charge on any atom is 0.415 e. The molecule has 0 saturated carbocycles. The highest BCUT2D eigenvalue weighted by atomic mass is 32.2. The molecule has 0 spiro atoms. The minimum Gasteiger partial charge on any atom is -0.383 e. The SMILES string of the molecule is NC(CCC(O)NC(CSCC(O)C(F)(F)F)C(O)NCC(O)O)C(O)O. The van der Waals surface area contributed by atoms with Crippen LogP contribution in [0, 0.1) is 0 Å². The van der Waals surface area contributed by atoms with Crippen molar-refractivity contribution in [3.05, 3.63) is 0 Å². The lowest BCUT2D eigenvalue weighted by molar-refractivity contribution is -0.195. The predicted molar refractivity (Wildman–Crippen MR) is 90.0 cm³/mol. The number of halogens is 3. The van der Waals surface area contributed by atoms with Gasteiger partial charge in [0.15, 0.2) is 18.7 Å². The van der Waals surface area contributed by atoms with E-state index in [4.69, 9.17) is 31.3 Å². The summed E-state index contributed by atoms with van der Waals surface area (Å²) in [5.41, 5.74) is 5.40. The largest absolute Gasteiger partial charge is 0.415 e. The summed E-state index contributed by atoms with van der Waals surface area (Å²) in [5.74, 6) is -0.872. The highest BCUT2D eigenvalue weighted by Crippen LogP contribution is 2.23. The van der Waals surface area contributed by atoms with Gasteiger partial charge in [-0.3, -0.25) is 10.6 Å². The maximum atomic E-state index is 12.3. The zero-order valence-corrected chi connectivity index (χ0v) is 15.1. The number of hydrogen-bond acceptors (Lipinski definition) is 11. The van der Waals surface area contributed by atoms with Gasteiger partial charge in [0, 0.05) is 18.1 Å². The summed E-state index contributed by atoms with van der Waals surface area (Å²) >= 11 is 0.657. The van der Waals surface area contributed by atoms with Gasteiger partial charge in [0.1, 0.15) is 12.5 Å². The predicted octanol–water partition coefficient (Wildman–Crippen LogP) is -3.44. The van der Waals surface area contributed by atoms with Crippen molar-refractivity contribution in [1.29, 1.82) is 0 Å². The number of aliphatic hydroxyl groups is 7. The summed E-state index contributed by atoms with van der Waals surface area (Å²) in [4.78, 5) is 0. The van der Waals surface area contributed by atoms with Crippen LogP contribution >= 0.6 is 11.8 Å². The van der Waals surface area contributed by atoms with Gasteiger partial charge in [-0.1, -0.05) is 0 Å². The zero-order valence-electron chi connectivity index (χ0n) is 14.3. The zero-order chi connectivity index (χ0) is 21.2. The Morgan fingerprint density at radius 3 is 2.00 bits per heavy atom. The minimum atomic E-state index is -4.78. The molecule has 0 aliphatic rings. The molecule has 10 nitrogen and oxygen atoms in total. The van der Waals surface area contributed by atoms with E-state index in [9.17, 15) is 23.4 Å². The van der Waals surface area contributed by atoms with Crippen LogP contribution in [0.25, 0.3) is 0 Å². The molecule has 164 valence electrons. The van der Waals surface area contributed by atoms with Crippen molar-refractivity contribution in [3.8, 4) is 0 Å². The summed E-state index contributed by atoms with van der Waals surface area (Å²) in [6.07, 6.45) is -13.7. The smallest absolute Gasteiger partial charge is 0.383 e. The second-order valence-electron chi connectivity index (χ2n) is 5.87. The first-order valence-electron chi connectivity index (χ1n) is 8.00. The number of thioether (sulfide) groups is 1. The molecule has 0 heterocycles. The Labute approximate surface area is 158 Å². The Morgan fingerprint density at radius 2 is 1.52 bits per heavy atom. The molecule has 0 rings (SSSR count). The van der Waals surface area contributed by atoms with Crippen molar-refractivity contribution in [2.24, 2.45) is 5.73 Å². The quantitative estimate of drug-likeness (QED) is 0.124. The molecule has 0 saturated heterocycles. The van der Waals surface area contributed by atoms with Crippen LogP contribution in [0.1, 0.15) is 12.8 Å². The maximum absolute atomic E-state index is 12.3. The van der Waals surface area contributed by atoms with Crippen LogP contribution in [0.3, 0.4) is 0 Å². The monoisotopic (exact) mass is 427 g/mol. The average Bonchev–Trinajstić information content (AvgIpc) is 2.55. The van der Waals surface area contributed by atoms with Crippen molar-refractivity contribution >= 4 is 11.8 Å². The second-order valence-corrected chi connectivity index (χ2v) is 6.95. The Balaban J connectivity index is 4.63. The molecule has 11 N–H and O–H groups in total. The first kappa shape index (κ1) is 26.7. The van der Waals surface area contributed by atoms with E-state index < -0.39 is 61.7 Å². The van der Waals surface area contributed by atoms with Gasteiger partial charge in [-0.15, -0.1) is 0 Å². The number of aliphatic hydroxyl groups excluding tert-OH is 5. The van der Waals surface area contributed by atoms with Crippen molar-refractivity contribution in [2.45, 2.75) is 62.2 Å². The Kier molecular flexibility index (Phi) is 12.9. The third-order valence-electron chi connectivity index (χ3n) is 3.40. The number of rotatable bonds is 14. The summed E-state index contributed by atoms with van der Waals surface area (Å²) < 4.78 is 36.9. The van der Waals surface area contributed by atoms with Crippen molar-refractivity contribution < 1.29 is 48.9 Å². The highest BCUT2D eigenvalue weighted by molar-refractivity contribution is 7.99. The molecular formula is C13H28F3N3O7S. The van der Waals surface area contributed by atoms with E-state index in [0.29, 0.717) is 11.8 Å². The molecule has 0 aromatic carbocycles. The lowest BCUT2D eigenvalue weighted by Gasteiger charge is -2.28. The van der Waals surface area contributed by atoms with Gasteiger partial charge >= 0.3 is 6.18 Å². The molecule has 5 unspecified atom stereocenters. The van der Waals surface area contributed by atoms with E-state index in [1.54, 1.807) is 0 Å². The molecule has 27 heavy (non-hydrogen) atoms. The molecule has 0 radical (unpaired) electrons. The third-order valence-corrected chi connectivity index (χ3v) is 4.55. The van der Waals surface area contributed by atoms with Crippen LogP contribution in [-0.4, -0.2) is 103 Å². The van der Waals surface area contributed by atoms with Crippen LogP contribution in [-0.2, 0) is 0 Å². The Hall–Kier alpha value is -0.260. The summed E-state index contributed by atoms with van der Waals surface area (Å²) in [6, 6.07) is -2.05. The van der Waals surface area contributed by atoms with Crippen molar-refractivity contribution in [1.82, 2.24) is 10.6 Å². The molecule has 14 heteroatoms. The molecule has 0 bridgehead atoms. The molecule has 0 aliphatic heterocycles. The van der Waals surface area contributed by atoms with Gasteiger partial charge < -0.3 is 41.5 Å². The number of nitrogens with one attached hydrogen (secondary N) is 2. The fourth-order valence-corrected chi connectivity index (χ4v) is 2.91. The summed E-state index contributed by atoms with van der Waals surface area (Å²) in [7, 11) is 0. The van der Waals surface area contributed by atoms with Crippen molar-refractivity contribution in [2.75, 3.05) is 18.1 Å². The lowest BCUT2D eigenvalue weighted by atomic mass is 10.1. The normalized spacial score (nSPS) is 18.6. The Bertz CT molecular complexity index is 397. The number of hydrogen-bond donors (Lipinski definition) is 10. The van der Waals surface area contributed by atoms with Gasteiger partial charge in [-0.2, -0.15) is 24.9 Å². The Morgan fingerprint density at radius 1 is 0.926 bits per heavy atom. The fraction of sp³-hybridized carbons (Fsp3) is 1.00. The highest BCUT2D eigenvalue weighted by Gasteiger charge is 2.38. The van der Waals surface area contributed by atoms with Crippen LogP contribution in [0.2, 0.25) is 0 Å². The molecule has 0 amide bonds. The van der Waals surface area contributed by atoms with Gasteiger partial charge in [-0.25, -0.2) is 0 Å². The molecule has 0 aromatic heterocycles. The van der Waals surface area contributed by atoms with Gasteiger partial charge in [0.25, 0.3) is 0 Å². The molecule has 0 aromatic rings. The number of alkyl halides is 3. The van der Waals surface area contributed by atoms with Crippen LogP contribution in [0.4, 0.5) is 13.2 Å². The summed E-state index contributed by atoms with van der Waals surface area (Å²) in [5, 5.41) is 69.0. The van der Waals surface area contributed by atoms with Crippen molar-refractivity contribution in [3.63, 3.8) is 0 Å². The third kappa shape index (κ3) is 12.7. The minimum absolute atomic E-state index is 0.00262. The van der Waals surface area contributed by atoms with Gasteiger partial charge in [-0.05, 0) is 12.8 Å².